The number of benzene rings is 1. The molecule has 1 N–H and O–H groups in total. The van der Waals surface area contributed by atoms with Gasteiger partial charge in [0.15, 0.2) is 0 Å². The maximum absolute atomic E-state index is 11.0. The van der Waals surface area contributed by atoms with Crippen LogP contribution in [-0.4, -0.2) is 11.0 Å². The highest BCUT2D eigenvalue weighted by atomic mass is 16.6. The van der Waals surface area contributed by atoms with Crippen LogP contribution in [0.25, 0.3) is 0 Å². The molecule has 16 heavy (non-hydrogen) atoms. The van der Waals surface area contributed by atoms with E-state index in [1.165, 1.54) is 0 Å². The predicted molar refractivity (Wildman–Crippen MR) is 63.6 cm³/mol. The Balaban J connectivity index is 2.25. The molecule has 0 bridgehead atoms. The number of nitrogens with one attached hydrogen (secondary N) is 1. The van der Waals surface area contributed by atoms with Crippen molar-refractivity contribution < 1.29 is 4.92 Å². The summed E-state index contributed by atoms with van der Waals surface area (Å²) in [6.07, 6.45) is 6.06. The highest BCUT2D eigenvalue weighted by Gasteiger charge is 2.19. The second kappa shape index (κ2) is 4.35. The maximum Gasteiger partial charge on any atom is 0.295 e. The second-order valence-electron chi connectivity index (χ2n) is 4.01. The van der Waals surface area contributed by atoms with E-state index in [0.717, 1.165) is 12.8 Å². The predicted octanol–water partition coefficient (Wildman–Crippen LogP) is 3.03. The van der Waals surface area contributed by atoms with Crippen LogP contribution < -0.4 is 5.32 Å². The molecule has 0 fully saturated rings. The van der Waals surface area contributed by atoms with Crippen LogP contribution in [0, 0.1) is 17.0 Å². The number of nitro groups is 1. The van der Waals surface area contributed by atoms with Crippen LogP contribution >= 0.6 is 0 Å². The number of hydrogen-bond donors (Lipinski definition) is 1. The Morgan fingerprint density at radius 1 is 1.38 bits per heavy atom. The van der Waals surface area contributed by atoms with E-state index in [4.69, 9.17) is 0 Å². The SMILES string of the molecule is Cc1cccc(NC2CC=CC2)c1[N+](=O)[O-]. The lowest BCUT2D eigenvalue weighted by Gasteiger charge is -2.14. The normalized spacial score (nSPS) is 15.3. The van der Waals surface area contributed by atoms with Gasteiger partial charge < -0.3 is 5.32 Å². The third kappa shape index (κ3) is 2.05. The lowest BCUT2D eigenvalue weighted by molar-refractivity contribution is -0.384. The zero-order valence-electron chi connectivity index (χ0n) is 9.14. The summed E-state index contributed by atoms with van der Waals surface area (Å²) in [6.45, 7) is 1.76. The van der Waals surface area contributed by atoms with Gasteiger partial charge >= 0.3 is 0 Å². The van der Waals surface area contributed by atoms with Crippen LogP contribution in [0.3, 0.4) is 0 Å². The number of hydrogen-bond acceptors (Lipinski definition) is 3. The monoisotopic (exact) mass is 218 g/mol. The summed E-state index contributed by atoms with van der Waals surface area (Å²) in [5, 5.41) is 14.2. The topological polar surface area (TPSA) is 55.2 Å². The Morgan fingerprint density at radius 3 is 2.69 bits per heavy atom. The van der Waals surface area contributed by atoms with Gasteiger partial charge in [-0.25, -0.2) is 0 Å². The molecule has 1 aliphatic rings. The first-order chi connectivity index (χ1) is 7.68. The van der Waals surface area contributed by atoms with E-state index in [2.05, 4.69) is 17.5 Å². The van der Waals surface area contributed by atoms with Crippen LogP contribution in [-0.2, 0) is 0 Å². The molecule has 0 unspecified atom stereocenters. The number of anilines is 1. The molecule has 0 spiro atoms. The minimum absolute atomic E-state index is 0.189. The number of nitro benzene ring substituents is 1. The van der Waals surface area contributed by atoms with Crippen molar-refractivity contribution in [1.82, 2.24) is 0 Å². The molecule has 1 aromatic carbocycles. The van der Waals surface area contributed by atoms with Gasteiger partial charge in [-0.1, -0.05) is 24.3 Å². The van der Waals surface area contributed by atoms with Gasteiger partial charge in [-0.15, -0.1) is 0 Å². The number of para-hydroxylation sites is 1. The van der Waals surface area contributed by atoms with Crippen molar-refractivity contribution in [1.29, 1.82) is 0 Å². The lowest BCUT2D eigenvalue weighted by Crippen LogP contribution is -2.16. The summed E-state index contributed by atoms with van der Waals surface area (Å²) in [5.41, 5.74) is 1.51. The Bertz CT molecular complexity index is 433. The zero-order valence-corrected chi connectivity index (χ0v) is 9.14. The van der Waals surface area contributed by atoms with Gasteiger partial charge in [-0.3, -0.25) is 10.1 Å². The molecule has 2 rings (SSSR count). The van der Waals surface area contributed by atoms with Gasteiger partial charge in [0.25, 0.3) is 5.69 Å². The zero-order chi connectivity index (χ0) is 11.5. The molecule has 1 aromatic rings. The maximum atomic E-state index is 11.0. The summed E-state index contributed by atoms with van der Waals surface area (Å²) in [6, 6.07) is 5.66. The third-order valence-electron chi connectivity index (χ3n) is 2.79. The molecule has 0 heterocycles. The van der Waals surface area contributed by atoms with E-state index in [-0.39, 0.29) is 10.6 Å². The molecule has 0 saturated heterocycles. The van der Waals surface area contributed by atoms with Gasteiger partial charge in [0.2, 0.25) is 0 Å². The summed E-state index contributed by atoms with van der Waals surface area (Å²) >= 11 is 0. The molecule has 0 aliphatic heterocycles. The van der Waals surface area contributed by atoms with Gasteiger partial charge in [0.1, 0.15) is 5.69 Å². The van der Waals surface area contributed by atoms with Crippen LogP contribution in [0.2, 0.25) is 0 Å². The van der Waals surface area contributed by atoms with Crippen molar-refractivity contribution in [2.75, 3.05) is 5.32 Å². The van der Waals surface area contributed by atoms with Crippen LogP contribution in [0.1, 0.15) is 18.4 Å². The largest absolute Gasteiger partial charge is 0.376 e. The van der Waals surface area contributed by atoms with Gasteiger partial charge in [-0.2, -0.15) is 0 Å². The molecule has 4 heteroatoms. The molecule has 1 aliphatic carbocycles. The third-order valence-corrected chi connectivity index (χ3v) is 2.79. The van der Waals surface area contributed by atoms with Gasteiger partial charge in [0.05, 0.1) is 4.92 Å². The molecule has 0 amide bonds. The number of nitrogens with zero attached hydrogens (tertiary/aromatic N) is 1. The van der Waals surface area contributed by atoms with Gasteiger partial charge in [-0.05, 0) is 25.8 Å². The molecular weight excluding hydrogens is 204 g/mol. The summed E-state index contributed by atoms with van der Waals surface area (Å²) in [5.74, 6) is 0. The minimum Gasteiger partial charge on any atom is -0.376 e. The first kappa shape index (κ1) is 10.7. The van der Waals surface area contributed by atoms with Crippen molar-refractivity contribution in [3.8, 4) is 0 Å². The van der Waals surface area contributed by atoms with E-state index in [9.17, 15) is 10.1 Å². The Morgan fingerprint density at radius 2 is 2.06 bits per heavy atom. The molecule has 0 atom stereocenters. The fourth-order valence-electron chi connectivity index (χ4n) is 1.97. The molecule has 0 radical (unpaired) electrons. The van der Waals surface area contributed by atoms with Gasteiger partial charge in [0, 0.05) is 11.6 Å². The van der Waals surface area contributed by atoms with Crippen LogP contribution in [0.15, 0.2) is 30.4 Å². The average molecular weight is 218 g/mol. The summed E-state index contributed by atoms with van der Waals surface area (Å²) < 4.78 is 0. The molecule has 4 nitrogen and oxygen atoms in total. The average Bonchev–Trinajstić information content (AvgIpc) is 2.70. The fourth-order valence-corrected chi connectivity index (χ4v) is 1.97. The second-order valence-corrected chi connectivity index (χ2v) is 4.01. The Kier molecular flexibility index (Phi) is 2.90. The molecule has 0 aromatic heterocycles. The van der Waals surface area contributed by atoms with Crippen molar-refractivity contribution in [2.24, 2.45) is 0 Å². The lowest BCUT2D eigenvalue weighted by atomic mass is 10.1. The first-order valence-electron chi connectivity index (χ1n) is 5.34. The Hall–Kier alpha value is -1.84. The molecule has 0 saturated carbocycles. The first-order valence-corrected chi connectivity index (χ1v) is 5.34. The number of aryl methyl sites for hydroxylation is 1. The van der Waals surface area contributed by atoms with E-state index >= 15 is 0 Å². The van der Waals surface area contributed by atoms with E-state index < -0.39 is 0 Å². The molecular formula is C12H14N2O2. The van der Waals surface area contributed by atoms with Crippen molar-refractivity contribution in [2.45, 2.75) is 25.8 Å². The quantitative estimate of drug-likeness (QED) is 0.482. The summed E-state index contributed by atoms with van der Waals surface area (Å²) in [4.78, 5) is 10.6. The minimum atomic E-state index is -0.319. The van der Waals surface area contributed by atoms with E-state index in [1.54, 1.807) is 19.1 Å². The molecule has 84 valence electrons. The van der Waals surface area contributed by atoms with Crippen LogP contribution in [0.4, 0.5) is 11.4 Å². The fraction of sp³-hybridized carbons (Fsp3) is 0.333. The highest BCUT2D eigenvalue weighted by Crippen LogP contribution is 2.29. The van der Waals surface area contributed by atoms with Crippen molar-refractivity contribution in [3.05, 3.63) is 46.0 Å². The van der Waals surface area contributed by atoms with Crippen LogP contribution in [0.5, 0.6) is 0 Å². The smallest absolute Gasteiger partial charge is 0.295 e. The summed E-state index contributed by atoms with van der Waals surface area (Å²) in [7, 11) is 0. The van der Waals surface area contributed by atoms with E-state index in [1.807, 2.05) is 6.07 Å². The van der Waals surface area contributed by atoms with Crippen molar-refractivity contribution >= 4 is 11.4 Å². The number of rotatable bonds is 3. The standard InChI is InChI=1S/C12H14N2O2/c1-9-5-4-8-11(12(9)14(15)16)13-10-6-2-3-7-10/h2-5,8,10,13H,6-7H2,1H3. The Labute approximate surface area is 94.1 Å². The highest BCUT2D eigenvalue weighted by molar-refractivity contribution is 5.65. The van der Waals surface area contributed by atoms with E-state index in [0.29, 0.717) is 17.3 Å². The van der Waals surface area contributed by atoms with Crippen molar-refractivity contribution in [3.63, 3.8) is 0 Å².